The number of aliphatic hydroxyl groups excluding tert-OH is 5. The van der Waals surface area contributed by atoms with Gasteiger partial charge in [0.2, 0.25) is 11.9 Å². The number of ether oxygens (including phenoxy) is 7. The Bertz CT molecular complexity index is 4660. The van der Waals surface area contributed by atoms with Crippen LogP contribution in [0.3, 0.4) is 0 Å². The first-order valence-corrected chi connectivity index (χ1v) is 41.8. The quantitative estimate of drug-likeness (QED) is 0.0272. The van der Waals surface area contributed by atoms with E-state index in [1.807, 2.05) is 13.8 Å². The average Bonchev–Trinajstić information content (AvgIpc) is 1.62. The largest absolute Gasteiger partial charge is 0.472 e. The molecular weight excluding hydrogens is 1630 g/mol. The molecule has 5 aliphatic rings. The highest BCUT2D eigenvalue weighted by Gasteiger charge is 2.52. The van der Waals surface area contributed by atoms with Crippen molar-refractivity contribution in [3.05, 3.63) is 102 Å². The number of nitrogens with two attached hydrogens (primary N) is 5. The molecule has 5 saturated heterocycles. The number of nitrogens with zero attached hydrogens (tertiary/aromatic N) is 12. The van der Waals surface area contributed by atoms with Gasteiger partial charge in [-0.3, -0.25) is 69.5 Å². The molecule has 0 radical (unpaired) electrons. The molecule has 9 unspecified atom stereocenters. The molecule has 21 N–H and O–H groups in total. The normalized spacial score (nSPS) is 30.2. The van der Waals surface area contributed by atoms with Crippen molar-refractivity contribution in [2.24, 2.45) is 0 Å². The van der Waals surface area contributed by atoms with Gasteiger partial charge in [0.15, 0.2) is 53.5 Å². The van der Waals surface area contributed by atoms with E-state index in [9.17, 15) is 78.2 Å². The van der Waals surface area contributed by atoms with Gasteiger partial charge in [0.1, 0.15) is 84.6 Å². The Hall–Kier alpha value is -6.86. The van der Waals surface area contributed by atoms with Gasteiger partial charge < -0.3 is 116 Å². The Balaban J connectivity index is 0.000000178. The number of nitrogens with one attached hydrogen (secondary N) is 2. The van der Waals surface area contributed by atoms with E-state index < -0.39 is 180 Å². The van der Waals surface area contributed by atoms with E-state index in [1.165, 1.54) is 91.6 Å². The summed E-state index contributed by atoms with van der Waals surface area (Å²) < 4.78 is 107. The summed E-state index contributed by atoms with van der Waals surface area (Å²) in [6.45, 7) is 0.426. The van der Waals surface area contributed by atoms with Crippen LogP contribution in [0.5, 0.6) is 0 Å². The molecule has 113 heavy (non-hydrogen) atoms. The maximum absolute atomic E-state index is 11.9. The van der Waals surface area contributed by atoms with Gasteiger partial charge in [-0.2, -0.15) is 24.9 Å². The highest BCUT2D eigenvalue weighted by molar-refractivity contribution is 8.07. The number of rotatable bonds is 24. The van der Waals surface area contributed by atoms with E-state index in [2.05, 4.69) is 53.9 Å². The van der Waals surface area contributed by atoms with E-state index in [0.717, 1.165) is 23.4 Å². The highest BCUT2D eigenvalue weighted by Crippen LogP contribution is 2.52. The Morgan fingerprint density at radius 2 is 0.717 bits per heavy atom. The minimum atomic E-state index is -4.33. The lowest BCUT2D eigenvalue weighted by molar-refractivity contribution is -0.0640. The Morgan fingerprint density at radius 1 is 0.434 bits per heavy atom. The molecule has 5 aliphatic heterocycles. The number of aliphatic hydroxyl groups is 5. The summed E-state index contributed by atoms with van der Waals surface area (Å²) >= 11 is 9.64. The van der Waals surface area contributed by atoms with Crippen LogP contribution in [0.1, 0.15) is 84.5 Å². The highest BCUT2D eigenvalue weighted by atomic mass is 32.5. The van der Waals surface area contributed by atoms with Crippen LogP contribution in [0.15, 0.2) is 73.4 Å². The maximum atomic E-state index is 11.9. The van der Waals surface area contributed by atoms with E-state index in [1.54, 1.807) is 13.8 Å². The molecule has 0 amide bonds. The summed E-state index contributed by atoms with van der Waals surface area (Å²) in [4.78, 5) is 129. The molecule has 24 atom stereocenters. The Labute approximate surface area is 648 Å². The van der Waals surface area contributed by atoms with Crippen molar-refractivity contribution < 1.29 is 124 Å². The van der Waals surface area contributed by atoms with E-state index in [0.29, 0.717) is 25.7 Å². The van der Waals surface area contributed by atoms with Crippen molar-refractivity contribution in [1.82, 2.24) is 67.7 Å². The number of aromatic nitrogens is 14. The number of phosphoric ester groups is 2. The number of hydrogen-bond donors (Lipinski definition) is 16. The van der Waals surface area contributed by atoms with Crippen molar-refractivity contribution in [3.63, 3.8) is 0 Å². The molecule has 12 rings (SSSR count). The molecule has 12 heterocycles. The number of aromatic amines is 2. The number of fused-ring (bicyclic) bond motifs is 2. The molecule has 56 heteroatoms. The standard InChI is InChI=1S/C12H18N5O7P.C12H18N5O6PS.C11H18N3O7P.C11H18N3O6PS.C11H17N3O5/c1-3-5-8(24-25(20,21)22-2)7(18)11(23-5)17-4-14-6-9(17)15-12(13)16-10(6)19;1-3-5-8(23-24(20,25)21-2)7(18)11(22-5)17-4-14-6-9(17)15-12(13)16-10(6)19;1-3-6-9(21-22(17,18)19-2)8(15)10(20-6)14-5-4-7(12)13-11(14)16;1-3-6-9(20-21(17,22)18-2)8(15)10(19-6)14-5-4-7(12)13-11(14)16;1-17-5-6-9(18-2)8(15)10(19-6)14-4-3-7(12)13-11(14)16/h4-5,7-8,11,18H,3H2,1-2H3,(H,20,21)(H3,13,15,16,19);4-5,7-8,11,18H,3H2,1-2H3,(H,20,25)(H3,13,15,16,19);4-6,8-10,15H,3H2,1-2H3,(H,17,18)(H2,12,13,16);4-6,8-10,15H,3H2,1-2H3,(H,17,22)(H2,12,13,16);3-4,6,8-10,15H,5H2,1-2H3,(H2,12,13,16)/t5-,7+,8?,11-;5-,7+,8?,11-,24?;6-,8+,9?,10-;6-,8+,9?,10-,21?;6-,8+,9?,10-/m11111/s1. The predicted octanol–water partition coefficient (Wildman–Crippen LogP) is -2.77. The van der Waals surface area contributed by atoms with Crippen LogP contribution in [0.4, 0.5) is 29.4 Å². The van der Waals surface area contributed by atoms with E-state index in [-0.39, 0.29) is 58.3 Å². The molecule has 0 aromatic carbocycles. The average molecular weight is 1720 g/mol. The molecule has 630 valence electrons. The molecule has 7 aromatic rings. The second-order valence-corrected chi connectivity index (χ2v) is 33.4. The second-order valence-electron chi connectivity index (χ2n) is 24.6. The summed E-state index contributed by atoms with van der Waals surface area (Å²) in [5, 5.41) is 52.0. The van der Waals surface area contributed by atoms with Crippen LogP contribution >= 0.6 is 29.1 Å². The summed E-state index contributed by atoms with van der Waals surface area (Å²) in [5.41, 5.74) is 24.7. The number of H-pyrrole nitrogens is 2. The topological polar surface area (TPSA) is 717 Å². The van der Waals surface area contributed by atoms with Crippen LogP contribution in [0.25, 0.3) is 22.3 Å². The summed E-state index contributed by atoms with van der Waals surface area (Å²) in [6, 6.07) is 4.25. The van der Waals surface area contributed by atoms with Gasteiger partial charge in [-0.25, -0.2) is 33.5 Å². The first kappa shape index (κ1) is 91.7. The van der Waals surface area contributed by atoms with Crippen molar-refractivity contribution in [2.75, 3.05) is 77.9 Å². The van der Waals surface area contributed by atoms with Gasteiger partial charge >= 0.3 is 46.2 Å². The first-order chi connectivity index (χ1) is 53.2. The van der Waals surface area contributed by atoms with Crippen LogP contribution in [0.2, 0.25) is 0 Å². The van der Waals surface area contributed by atoms with Gasteiger partial charge in [0, 0.05) is 61.2 Å². The fraction of sp³-hybridized carbons (Fsp3) is 0.614. The number of imidazole rings is 2. The van der Waals surface area contributed by atoms with Crippen LogP contribution < -0.4 is 56.9 Å². The third-order valence-corrected chi connectivity index (χ3v) is 22.8. The zero-order valence-corrected chi connectivity index (χ0v) is 66.8. The van der Waals surface area contributed by atoms with Crippen LogP contribution in [0, 0.1) is 0 Å². The molecule has 0 spiro atoms. The lowest BCUT2D eigenvalue weighted by Gasteiger charge is -2.23. The second kappa shape index (κ2) is 38.9. The van der Waals surface area contributed by atoms with Crippen LogP contribution in [-0.2, 0) is 102 Å². The van der Waals surface area contributed by atoms with Gasteiger partial charge in [-0.1, -0.05) is 27.7 Å². The van der Waals surface area contributed by atoms with E-state index >= 15 is 0 Å². The fourth-order valence-corrected chi connectivity index (χ4v) is 15.3. The van der Waals surface area contributed by atoms with Crippen molar-refractivity contribution >= 4 is 104 Å². The first-order valence-electron chi connectivity index (χ1n) is 33.7. The molecule has 50 nitrogen and oxygen atoms in total. The molecule has 7 aromatic heterocycles. The maximum Gasteiger partial charge on any atom is 0.472 e. The Morgan fingerprint density at radius 3 is 0.982 bits per heavy atom. The third-order valence-electron chi connectivity index (χ3n) is 17.5. The molecular formula is C57H89N19O31P4S2. The lowest BCUT2D eigenvalue weighted by Crippen LogP contribution is -2.37. The van der Waals surface area contributed by atoms with Crippen molar-refractivity contribution in [1.29, 1.82) is 0 Å². The minimum absolute atomic E-state index is 0.0205. The predicted molar refractivity (Wildman–Crippen MR) is 397 cm³/mol. The minimum Gasteiger partial charge on any atom is -0.386 e. The number of methoxy groups -OCH3 is 2. The fourth-order valence-electron chi connectivity index (χ4n) is 12.1. The van der Waals surface area contributed by atoms with Crippen molar-refractivity contribution in [2.45, 2.75) is 176 Å². The van der Waals surface area contributed by atoms with E-state index in [4.69, 9.17) is 113 Å². The van der Waals surface area contributed by atoms with Crippen LogP contribution in [-0.4, -0.2) is 254 Å². The van der Waals surface area contributed by atoms with Gasteiger partial charge in [-0.05, 0) is 67.5 Å². The summed E-state index contributed by atoms with van der Waals surface area (Å²) in [7, 11) is -1.19. The smallest absolute Gasteiger partial charge is 0.386 e. The number of phosphoric acid groups is 2. The number of nitrogen functional groups attached to an aromatic ring is 5. The Kier molecular flexibility index (Phi) is 31.6. The molecule has 0 bridgehead atoms. The lowest BCUT2D eigenvalue weighted by atomic mass is 10.1. The number of hydrogen-bond acceptors (Lipinski definition) is 41. The summed E-state index contributed by atoms with van der Waals surface area (Å²) in [6.07, 6.45) is -10.2. The SMILES string of the molecule is CC[C@H]1O[C@@H](n2ccc(N)nc2=O)[C@@H](O)C1OP(=O)(O)OC.CC[C@H]1O[C@@H](n2ccc(N)nc2=O)[C@@H](O)C1OP(O)(=S)OC.CC[C@H]1O[C@@H](n2cnc3c(=O)[nH]c(N)nc32)[C@@H](O)C1OP(=O)(O)OC.CC[C@H]1O[C@@H](n2cnc3c(=O)[nH]c(N)nc32)[C@@H](O)C1OP(O)(=S)OC.COC[C@H]1O[C@@H](n2ccc(N)nc2=O)[C@@H](O)C1OC. The van der Waals surface area contributed by atoms with Gasteiger partial charge in [-0.15, -0.1) is 0 Å². The molecule has 0 saturated carbocycles. The monoisotopic (exact) mass is 1720 g/mol. The summed E-state index contributed by atoms with van der Waals surface area (Å²) in [5.74, 6) is 0.0137. The molecule has 5 fully saturated rings. The van der Waals surface area contributed by atoms with Gasteiger partial charge in [0.25, 0.3) is 11.1 Å². The third kappa shape index (κ3) is 21.7. The molecule has 0 aliphatic carbocycles. The van der Waals surface area contributed by atoms with Crippen molar-refractivity contribution in [3.8, 4) is 0 Å². The van der Waals surface area contributed by atoms with Gasteiger partial charge in [0.05, 0.1) is 43.7 Å². The zero-order chi connectivity index (χ0) is 83.7. The zero-order valence-electron chi connectivity index (χ0n) is 61.6. The number of anilines is 5.